The zero-order valence-corrected chi connectivity index (χ0v) is 22.1. The maximum Gasteiger partial charge on any atom is 0.338 e. The molecular weight excluding hydrogens is 500 g/mol. The molecule has 4 rings (SSSR count). The Hall–Kier alpha value is -4.92. The lowest BCUT2D eigenvalue weighted by Crippen LogP contribution is -2.54. The number of aryl methyl sites for hydroxylation is 2. The van der Waals surface area contributed by atoms with Crippen LogP contribution in [0, 0.1) is 13.8 Å². The number of ether oxygens (including phenoxy) is 3. The van der Waals surface area contributed by atoms with Gasteiger partial charge in [-0.15, -0.1) is 0 Å². The van der Waals surface area contributed by atoms with Crippen LogP contribution in [-0.4, -0.2) is 37.5 Å². The van der Waals surface area contributed by atoms with Crippen LogP contribution in [0.4, 0.5) is 10.5 Å². The van der Waals surface area contributed by atoms with Crippen LogP contribution >= 0.6 is 0 Å². The number of urea groups is 1. The Morgan fingerprint density at radius 3 is 2.36 bits per heavy atom. The number of anilines is 1. The highest BCUT2D eigenvalue weighted by atomic mass is 16.5. The Balaban J connectivity index is 1.64. The van der Waals surface area contributed by atoms with Crippen molar-refractivity contribution in [2.75, 3.05) is 18.6 Å². The highest BCUT2D eigenvalue weighted by molar-refractivity contribution is 6.39. The fourth-order valence-electron chi connectivity index (χ4n) is 3.95. The first-order chi connectivity index (χ1) is 18.7. The van der Waals surface area contributed by atoms with Crippen molar-refractivity contribution in [2.45, 2.75) is 27.4 Å². The van der Waals surface area contributed by atoms with Crippen LogP contribution in [0.2, 0.25) is 0 Å². The van der Waals surface area contributed by atoms with E-state index in [1.54, 1.807) is 25.1 Å². The van der Waals surface area contributed by atoms with Gasteiger partial charge in [0.1, 0.15) is 23.7 Å². The summed E-state index contributed by atoms with van der Waals surface area (Å²) >= 11 is 0. The zero-order valence-electron chi connectivity index (χ0n) is 22.1. The Labute approximate surface area is 226 Å². The van der Waals surface area contributed by atoms with Crippen LogP contribution in [0.15, 0.2) is 66.2 Å². The third-order valence-electron chi connectivity index (χ3n) is 6.22. The van der Waals surface area contributed by atoms with E-state index in [1.165, 1.54) is 43.0 Å². The predicted octanol–water partition coefficient (Wildman–Crippen LogP) is 4.73. The molecule has 4 amide bonds. The minimum atomic E-state index is -0.896. The molecule has 0 atom stereocenters. The van der Waals surface area contributed by atoms with Gasteiger partial charge in [0.05, 0.1) is 25.0 Å². The molecule has 0 bridgehead atoms. The maximum absolute atomic E-state index is 13.4. The quantitative estimate of drug-likeness (QED) is 0.256. The van der Waals surface area contributed by atoms with Gasteiger partial charge in [0, 0.05) is 11.6 Å². The topological polar surface area (TPSA) is 111 Å². The van der Waals surface area contributed by atoms with E-state index >= 15 is 0 Å². The van der Waals surface area contributed by atoms with Gasteiger partial charge in [0.25, 0.3) is 11.8 Å². The summed E-state index contributed by atoms with van der Waals surface area (Å²) in [6.45, 7) is 6.20. The molecule has 3 aromatic carbocycles. The van der Waals surface area contributed by atoms with E-state index in [9.17, 15) is 19.2 Å². The molecule has 1 aliphatic heterocycles. The number of hydrogen-bond donors (Lipinski definition) is 1. The van der Waals surface area contributed by atoms with Crippen molar-refractivity contribution in [1.29, 1.82) is 0 Å². The van der Waals surface area contributed by atoms with Crippen molar-refractivity contribution in [3.8, 4) is 11.5 Å². The number of nitrogens with zero attached hydrogens (tertiary/aromatic N) is 1. The second-order valence-electron chi connectivity index (χ2n) is 8.84. The van der Waals surface area contributed by atoms with Crippen molar-refractivity contribution >= 4 is 35.6 Å². The molecule has 0 aliphatic carbocycles. The van der Waals surface area contributed by atoms with E-state index in [2.05, 4.69) is 5.32 Å². The third-order valence-corrected chi connectivity index (χ3v) is 6.22. The molecule has 9 nitrogen and oxygen atoms in total. The van der Waals surface area contributed by atoms with Crippen molar-refractivity contribution in [2.24, 2.45) is 0 Å². The summed E-state index contributed by atoms with van der Waals surface area (Å²) in [5, 5.41) is 2.20. The number of nitrogens with one attached hydrogen (secondary N) is 1. The molecule has 0 radical (unpaired) electrons. The molecule has 0 saturated carbocycles. The first-order valence-electron chi connectivity index (χ1n) is 12.3. The number of methoxy groups -OCH3 is 1. The van der Waals surface area contributed by atoms with E-state index in [1.807, 2.05) is 32.0 Å². The van der Waals surface area contributed by atoms with Gasteiger partial charge in [-0.1, -0.05) is 18.2 Å². The summed E-state index contributed by atoms with van der Waals surface area (Å²) in [5.41, 5.74) is 3.89. The number of benzene rings is 3. The van der Waals surface area contributed by atoms with Crippen molar-refractivity contribution in [1.82, 2.24) is 5.32 Å². The molecule has 1 aliphatic rings. The van der Waals surface area contributed by atoms with Crippen LogP contribution in [0.3, 0.4) is 0 Å². The number of barbiturate groups is 1. The van der Waals surface area contributed by atoms with Crippen molar-refractivity contribution < 1.29 is 33.4 Å². The molecule has 1 N–H and O–H groups in total. The van der Waals surface area contributed by atoms with Gasteiger partial charge >= 0.3 is 12.0 Å². The summed E-state index contributed by atoms with van der Waals surface area (Å²) in [5.74, 6) is -1.25. The predicted molar refractivity (Wildman–Crippen MR) is 145 cm³/mol. The SMILES string of the molecule is CCOC(=O)c1ccc(N2C(=O)NC(=O)/C(=C\c3ccc(OC)cc3OCc3ccc(C)c(C)c3)C2=O)cc1. The average Bonchev–Trinajstić information content (AvgIpc) is 2.92. The van der Waals surface area contributed by atoms with Gasteiger partial charge in [-0.2, -0.15) is 0 Å². The van der Waals surface area contributed by atoms with Gasteiger partial charge < -0.3 is 14.2 Å². The molecule has 0 aromatic heterocycles. The second-order valence-corrected chi connectivity index (χ2v) is 8.84. The van der Waals surface area contributed by atoms with E-state index in [4.69, 9.17) is 14.2 Å². The van der Waals surface area contributed by atoms with Gasteiger partial charge in [-0.25, -0.2) is 14.5 Å². The summed E-state index contributed by atoms with van der Waals surface area (Å²) in [6.07, 6.45) is 1.37. The Morgan fingerprint density at radius 1 is 0.949 bits per heavy atom. The first-order valence-corrected chi connectivity index (χ1v) is 12.3. The normalized spacial score (nSPS) is 14.3. The molecule has 1 heterocycles. The van der Waals surface area contributed by atoms with Gasteiger partial charge in [-0.05, 0) is 79.9 Å². The Kier molecular flexibility index (Phi) is 8.10. The van der Waals surface area contributed by atoms with Crippen LogP contribution in [0.25, 0.3) is 6.08 Å². The number of imide groups is 2. The lowest BCUT2D eigenvalue weighted by Gasteiger charge is -2.26. The summed E-state index contributed by atoms with van der Waals surface area (Å²) in [6, 6.07) is 15.9. The molecule has 1 saturated heterocycles. The third kappa shape index (κ3) is 5.98. The largest absolute Gasteiger partial charge is 0.497 e. The lowest BCUT2D eigenvalue weighted by molar-refractivity contribution is -0.122. The zero-order chi connectivity index (χ0) is 28.1. The smallest absolute Gasteiger partial charge is 0.338 e. The summed E-state index contributed by atoms with van der Waals surface area (Å²) in [7, 11) is 1.52. The first kappa shape index (κ1) is 27.1. The minimum absolute atomic E-state index is 0.185. The molecule has 3 aromatic rings. The number of rotatable bonds is 8. The molecule has 39 heavy (non-hydrogen) atoms. The maximum atomic E-state index is 13.4. The molecule has 1 fully saturated rings. The van der Waals surface area contributed by atoms with Crippen LogP contribution in [0.1, 0.15) is 39.5 Å². The fourth-order valence-corrected chi connectivity index (χ4v) is 3.95. The molecule has 9 heteroatoms. The molecular formula is C30H28N2O7. The minimum Gasteiger partial charge on any atom is -0.497 e. The van der Waals surface area contributed by atoms with Gasteiger partial charge in [0.15, 0.2) is 0 Å². The molecule has 200 valence electrons. The van der Waals surface area contributed by atoms with Crippen molar-refractivity contribution in [3.05, 3.63) is 94.1 Å². The summed E-state index contributed by atoms with van der Waals surface area (Å²) in [4.78, 5) is 51.5. The highest BCUT2D eigenvalue weighted by Crippen LogP contribution is 2.30. The summed E-state index contributed by atoms with van der Waals surface area (Å²) < 4.78 is 16.4. The Bertz CT molecular complexity index is 1480. The molecule has 0 unspecified atom stereocenters. The van der Waals surface area contributed by atoms with Gasteiger partial charge in [0.2, 0.25) is 0 Å². The number of carbonyl (C=O) groups excluding carboxylic acids is 4. The number of esters is 1. The lowest BCUT2D eigenvalue weighted by atomic mass is 10.0. The van der Waals surface area contributed by atoms with Crippen LogP contribution < -0.4 is 19.7 Å². The Morgan fingerprint density at radius 2 is 1.69 bits per heavy atom. The number of hydrogen-bond acceptors (Lipinski definition) is 7. The monoisotopic (exact) mass is 528 g/mol. The van der Waals surface area contributed by atoms with Gasteiger partial charge in [-0.3, -0.25) is 14.9 Å². The molecule has 0 spiro atoms. The highest BCUT2D eigenvalue weighted by Gasteiger charge is 2.37. The standard InChI is InChI=1S/C30H28N2O7/c1-5-38-29(35)21-8-11-23(12-9-21)32-28(34)25(27(33)31-30(32)36)15-22-10-13-24(37-4)16-26(22)39-17-20-7-6-18(2)19(3)14-20/h6-16H,5,17H2,1-4H3,(H,31,33,36)/b25-15+. The van der Waals surface area contributed by atoms with E-state index in [0.717, 1.165) is 16.0 Å². The van der Waals surface area contributed by atoms with E-state index < -0.39 is 23.8 Å². The number of carbonyl (C=O) groups is 4. The average molecular weight is 529 g/mol. The second kappa shape index (κ2) is 11.6. The van der Waals surface area contributed by atoms with E-state index in [-0.39, 0.29) is 30.0 Å². The van der Waals surface area contributed by atoms with Crippen molar-refractivity contribution in [3.63, 3.8) is 0 Å². The van der Waals surface area contributed by atoms with Crippen LogP contribution in [-0.2, 0) is 20.9 Å². The fraction of sp³-hybridized carbons (Fsp3) is 0.200. The van der Waals surface area contributed by atoms with E-state index in [0.29, 0.717) is 17.1 Å². The van der Waals surface area contributed by atoms with Crippen LogP contribution in [0.5, 0.6) is 11.5 Å². The number of amides is 4.